The van der Waals surface area contributed by atoms with Gasteiger partial charge in [0, 0.05) is 64.4 Å². The zero-order valence-electron chi connectivity index (χ0n) is 20.0. The average Bonchev–Trinajstić information content (AvgIpc) is 2.78. The molecule has 0 spiro atoms. The third kappa shape index (κ3) is 10.9. The summed E-state index contributed by atoms with van der Waals surface area (Å²) in [5.74, 6) is -0.0216. The van der Waals surface area contributed by atoms with Gasteiger partial charge in [0.15, 0.2) is 0 Å². The minimum atomic E-state index is -2.67. The second-order valence-corrected chi connectivity index (χ2v) is 10.2. The van der Waals surface area contributed by atoms with E-state index >= 15 is 0 Å². The maximum atomic E-state index is 12.4. The van der Waals surface area contributed by atoms with Crippen molar-refractivity contribution in [3.05, 3.63) is 29.8 Å². The zero-order valence-corrected chi connectivity index (χ0v) is 21.0. The topological polar surface area (TPSA) is 100 Å². The number of anilines is 1. The quantitative estimate of drug-likeness (QED) is 0.211. The minimum Gasteiger partial charge on any atom is -0.396 e. The van der Waals surface area contributed by atoms with Crippen molar-refractivity contribution in [1.29, 1.82) is 0 Å². The van der Waals surface area contributed by atoms with Crippen LogP contribution in [-0.2, 0) is 24.5 Å². The van der Waals surface area contributed by atoms with E-state index in [1.807, 2.05) is 45.0 Å². The first-order chi connectivity index (χ1) is 15.5. The number of nitrogens with one attached hydrogen (secondary N) is 1. The highest BCUT2D eigenvalue weighted by atomic mass is 28.4. The molecule has 1 aromatic carbocycles. The van der Waals surface area contributed by atoms with Gasteiger partial charge in [-0.05, 0) is 57.7 Å². The molecule has 8 nitrogen and oxygen atoms in total. The number of benzene rings is 1. The molecular weight excluding hydrogens is 428 g/mol. The van der Waals surface area contributed by atoms with Gasteiger partial charge in [-0.3, -0.25) is 4.79 Å². The second-order valence-electron chi connectivity index (χ2n) is 7.42. The smallest absolute Gasteiger partial charge is 0.396 e. The van der Waals surface area contributed by atoms with Crippen LogP contribution in [-0.4, -0.2) is 77.6 Å². The summed E-state index contributed by atoms with van der Waals surface area (Å²) in [5.41, 5.74) is 1.97. The number of aliphatic hydroxyl groups excluding tert-OH is 2. The Morgan fingerprint density at radius 3 is 1.91 bits per heavy atom. The molecule has 0 atom stereocenters. The molecular formula is C23H42N2O6Si. The molecule has 0 aliphatic heterocycles. The van der Waals surface area contributed by atoms with Crippen molar-refractivity contribution < 1.29 is 28.3 Å². The molecule has 1 amide bonds. The number of rotatable bonds is 19. The summed E-state index contributed by atoms with van der Waals surface area (Å²) in [6.07, 6.45) is 2.41. The fraction of sp³-hybridized carbons (Fsp3) is 0.696. The van der Waals surface area contributed by atoms with E-state index < -0.39 is 8.80 Å². The van der Waals surface area contributed by atoms with E-state index in [9.17, 15) is 4.79 Å². The Bertz CT molecular complexity index is 592. The number of hydrogen-bond donors (Lipinski definition) is 3. The van der Waals surface area contributed by atoms with Gasteiger partial charge in [0.25, 0.3) is 0 Å². The molecule has 1 aromatic rings. The fourth-order valence-corrected chi connectivity index (χ4v) is 6.11. The Morgan fingerprint density at radius 2 is 1.44 bits per heavy atom. The van der Waals surface area contributed by atoms with Crippen LogP contribution in [0, 0.1) is 0 Å². The maximum absolute atomic E-state index is 12.4. The highest BCUT2D eigenvalue weighted by Gasteiger charge is 2.39. The summed E-state index contributed by atoms with van der Waals surface area (Å²) in [6.45, 7) is 9.73. The molecule has 3 N–H and O–H groups in total. The zero-order chi connectivity index (χ0) is 23.7. The van der Waals surface area contributed by atoms with Crippen molar-refractivity contribution in [3.63, 3.8) is 0 Å². The van der Waals surface area contributed by atoms with Crippen LogP contribution in [0.2, 0.25) is 6.04 Å². The molecule has 0 fully saturated rings. The Morgan fingerprint density at radius 1 is 0.906 bits per heavy atom. The van der Waals surface area contributed by atoms with Gasteiger partial charge in [-0.15, -0.1) is 0 Å². The van der Waals surface area contributed by atoms with Gasteiger partial charge in [0.2, 0.25) is 5.91 Å². The van der Waals surface area contributed by atoms with Gasteiger partial charge >= 0.3 is 8.80 Å². The highest BCUT2D eigenvalue weighted by Crippen LogP contribution is 2.18. The highest BCUT2D eigenvalue weighted by molar-refractivity contribution is 6.60. The van der Waals surface area contributed by atoms with Gasteiger partial charge in [-0.2, -0.15) is 0 Å². The van der Waals surface area contributed by atoms with E-state index in [-0.39, 0.29) is 19.1 Å². The first-order valence-electron chi connectivity index (χ1n) is 11.8. The van der Waals surface area contributed by atoms with Crippen LogP contribution in [0.4, 0.5) is 5.69 Å². The predicted octanol–water partition coefficient (Wildman–Crippen LogP) is 2.36. The van der Waals surface area contributed by atoms with E-state index in [0.717, 1.165) is 30.8 Å². The number of amides is 1. The SMILES string of the molecule is CCO[Si](CCCNC(=O)Cc1ccc(N(CCCO)CCCO)cc1)(OCC)OCC. The van der Waals surface area contributed by atoms with Gasteiger partial charge < -0.3 is 33.7 Å². The summed E-state index contributed by atoms with van der Waals surface area (Å²) < 4.78 is 17.5. The lowest BCUT2D eigenvalue weighted by molar-refractivity contribution is -0.120. The normalized spacial score (nSPS) is 11.5. The van der Waals surface area contributed by atoms with Crippen molar-refractivity contribution in [1.82, 2.24) is 5.32 Å². The van der Waals surface area contributed by atoms with Gasteiger partial charge in [-0.1, -0.05) is 12.1 Å². The molecule has 0 saturated carbocycles. The summed E-state index contributed by atoms with van der Waals surface area (Å²) >= 11 is 0. The van der Waals surface area contributed by atoms with Gasteiger partial charge in [0.05, 0.1) is 6.42 Å². The molecule has 32 heavy (non-hydrogen) atoms. The van der Waals surface area contributed by atoms with Crippen LogP contribution >= 0.6 is 0 Å². The molecule has 9 heteroatoms. The van der Waals surface area contributed by atoms with Crippen molar-refractivity contribution in [2.45, 2.75) is 52.5 Å². The number of carbonyl (C=O) groups is 1. The summed E-state index contributed by atoms with van der Waals surface area (Å²) in [6, 6.07) is 8.57. The Hall–Kier alpha value is -1.49. The summed E-state index contributed by atoms with van der Waals surface area (Å²) in [5, 5.41) is 21.2. The van der Waals surface area contributed by atoms with E-state index in [0.29, 0.717) is 51.7 Å². The van der Waals surface area contributed by atoms with Crippen molar-refractivity contribution in [2.24, 2.45) is 0 Å². The molecule has 0 aliphatic carbocycles. The van der Waals surface area contributed by atoms with Gasteiger partial charge in [0.1, 0.15) is 0 Å². The molecule has 1 rings (SSSR count). The van der Waals surface area contributed by atoms with Crippen LogP contribution in [0.3, 0.4) is 0 Å². The third-order valence-corrected chi connectivity index (χ3v) is 8.06. The van der Waals surface area contributed by atoms with E-state index in [2.05, 4.69) is 10.2 Å². The Kier molecular flexibility index (Phi) is 15.2. The lowest BCUT2D eigenvalue weighted by atomic mass is 10.1. The molecule has 0 bridgehead atoms. The largest absolute Gasteiger partial charge is 0.500 e. The Balaban J connectivity index is 2.51. The Labute approximate surface area is 194 Å². The summed E-state index contributed by atoms with van der Waals surface area (Å²) in [4.78, 5) is 14.5. The predicted molar refractivity (Wildman–Crippen MR) is 129 cm³/mol. The third-order valence-electron chi connectivity index (χ3n) is 4.91. The van der Waals surface area contributed by atoms with Crippen LogP contribution in [0.1, 0.15) is 45.6 Å². The van der Waals surface area contributed by atoms with Gasteiger partial charge in [-0.25, -0.2) is 0 Å². The monoisotopic (exact) mass is 470 g/mol. The number of nitrogens with zero attached hydrogens (tertiary/aromatic N) is 1. The van der Waals surface area contributed by atoms with Crippen LogP contribution in [0.5, 0.6) is 0 Å². The fourth-order valence-electron chi connectivity index (χ4n) is 3.50. The lowest BCUT2D eigenvalue weighted by Crippen LogP contribution is -2.46. The summed E-state index contributed by atoms with van der Waals surface area (Å²) in [7, 11) is -2.67. The number of aliphatic hydroxyl groups is 2. The molecule has 0 aliphatic rings. The van der Waals surface area contributed by atoms with E-state index in [1.165, 1.54) is 0 Å². The molecule has 0 aromatic heterocycles. The van der Waals surface area contributed by atoms with E-state index in [4.69, 9.17) is 23.5 Å². The standard InChI is InChI=1S/C23H42N2O6Si/c1-4-29-32(30-5-2,31-6-3)19-7-14-24-23(28)20-21-10-12-22(13-11-21)25(15-8-17-26)16-9-18-27/h10-13,26-27H,4-9,14-20H2,1-3H3,(H,24,28). The number of hydrogen-bond acceptors (Lipinski definition) is 7. The molecule has 0 saturated heterocycles. The van der Waals surface area contributed by atoms with Crippen LogP contribution < -0.4 is 10.2 Å². The first kappa shape index (κ1) is 28.5. The van der Waals surface area contributed by atoms with Crippen molar-refractivity contribution in [3.8, 4) is 0 Å². The first-order valence-corrected chi connectivity index (χ1v) is 13.7. The minimum absolute atomic E-state index is 0.0216. The van der Waals surface area contributed by atoms with E-state index in [1.54, 1.807) is 0 Å². The molecule has 0 unspecified atom stereocenters. The van der Waals surface area contributed by atoms with Crippen LogP contribution in [0.25, 0.3) is 0 Å². The van der Waals surface area contributed by atoms with Crippen LogP contribution in [0.15, 0.2) is 24.3 Å². The van der Waals surface area contributed by atoms with Crippen molar-refractivity contribution in [2.75, 3.05) is 57.6 Å². The lowest BCUT2D eigenvalue weighted by Gasteiger charge is -2.28. The van der Waals surface area contributed by atoms with Crippen molar-refractivity contribution >= 4 is 20.4 Å². The number of carbonyl (C=O) groups excluding carboxylic acids is 1. The molecule has 184 valence electrons. The average molecular weight is 471 g/mol. The second kappa shape index (κ2) is 17.0. The molecule has 0 radical (unpaired) electrons. The maximum Gasteiger partial charge on any atom is 0.500 e. The molecule has 0 heterocycles.